The van der Waals surface area contributed by atoms with Gasteiger partial charge in [0.25, 0.3) is 0 Å². The minimum Gasteiger partial charge on any atom is -0.353 e. The molecule has 1 aromatic heterocycles. The van der Waals surface area contributed by atoms with Crippen LogP contribution in [0.5, 0.6) is 0 Å². The molecule has 0 aliphatic carbocycles. The van der Waals surface area contributed by atoms with E-state index in [-0.39, 0.29) is 11.9 Å². The molecule has 2 aromatic carbocycles. The predicted octanol–water partition coefficient (Wildman–Crippen LogP) is 5.42. The van der Waals surface area contributed by atoms with Gasteiger partial charge >= 0.3 is 6.03 Å². The van der Waals surface area contributed by atoms with E-state index in [2.05, 4.69) is 27.8 Å². The first-order valence-corrected chi connectivity index (χ1v) is 12.3. The number of unbranched alkanes of at least 4 members (excludes halogenated alkanes) is 3. The Morgan fingerprint density at radius 1 is 0.800 bits per heavy atom. The number of aromatic nitrogens is 1. The van der Waals surface area contributed by atoms with Gasteiger partial charge in [0.2, 0.25) is 5.91 Å². The van der Waals surface area contributed by atoms with Crippen molar-refractivity contribution in [2.75, 3.05) is 18.0 Å². The molecule has 3 amide bonds. The van der Waals surface area contributed by atoms with Crippen molar-refractivity contribution in [3.05, 3.63) is 95.8 Å². The summed E-state index contributed by atoms with van der Waals surface area (Å²) in [5, 5.41) is 6.01. The van der Waals surface area contributed by atoms with Crippen molar-refractivity contribution >= 4 is 29.4 Å². The molecule has 0 atom stereocenters. The molecule has 2 heterocycles. The molecule has 0 spiro atoms. The van der Waals surface area contributed by atoms with E-state index in [9.17, 15) is 9.59 Å². The van der Waals surface area contributed by atoms with Crippen LogP contribution in [0.4, 0.5) is 16.2 Å². The number of fused-ring (bicyclic) bond motifs is 2. The Balaban J connectivity index is 1.18. The lowest BCUT2D eigenvalue weighted by Gasteiger charge is -2.25. The predicted molar refractivity (Wildman–Crippen MR) is 141 cm³/mol. The molecule has 4 rings (SSSR count). The Morgan fingerprint density at radius 2 is 1.43 bits per heavy atom. The van der Waals surface area contributed by atoms with Crippen LogP contribution < -0.4 is 15.5 Å². The molecular formula is C29H32N4O2. The molecule has 6 nitrogen and oxygen atoms in total. The number of pyridine rings is 1. The molecule has 0 bridgehead atoms. The van der Waals surface area contributed by atoms with E-state index in [1.807, 2.05) is 53.4 Å². The van der Waals surface area contributed by atoms with Crippen molar-refractivity contribution in [2.45, 2.75) is 38.5 Å². The Hall–Kier alpha value is -3.93. The summed E-state index contributed by atoms with van der Waals surface area (Å²) in [6, 6.07) is 20.0. The second-order valence-electron chi connectivity index (χ2n) is 8.65. The van der Waals surface area contributed by atoms with Crippen LogP contribution in [0.3, 0.4) is 0 Å². The Labute approximate surface area is 207 Å². The fourth-order valence-corrected chi connectivity index (χ4v) is 4.29. The van der Waals surface area contributed by atoms with Gasteiger partial charge in [-0.15, -0.1) is 0 Å². The number of nitrogens with zero attached hydrogens (tertiary/aromatic N) is 2. The molecule has 2 N–H and O–H groups in total. The van der Waals surface area contributed by atoms with Crippen LogP contribution in [0.1, 0.15) is 42.4 Å². The van der Waals surface area contributed by atoms with Gasteiger partial charge in [-0.3, -0.25) is 14.7 Å². The summed E-state index contributed by atoms with van der Waals surface area (Å²) in [5.74, 6) is -0.0980. The van der Waals surface area contributed by atoms with Crippen LogP contribution in [0.25, 0.3) is 6.08 Å². The lowest BCUT2D eigenvalue weighted by Crippen LogP contribution is -2.37. The van der Waals surface area contributed by atoms with E-state index in [0.717, 1.165) is 55.5 Å². The summed E-state index contributed by atoms with van der Waals surface area (Å²) < 4.78 is 0. The van der Waals surface area contributed by atoms with Gasteiger partial charge in [-0.25, -0.2) is 4.79 Å². The molecule has 0 fully saturated rings. The highest BCUT2D eigenvalue weighted by Crippen LogP contribution is 2.35. The molecule has 35 heavy (non-hydrogen) atoms. The van der Waals surface area contributed by atoms with Crippen molar-refractivity contribution < 1.29 is 9.59 Å². The molecule has 0 unspecified atom stereocenters. The highest BCUT2D eigenvalue weighted by atomic mass is 16.2. The third-order valence-electron chi connectivity index (χ3n) is 6.12. The van der Waals surface area contributed by atoms with E-state index in [4.69, 9.17) is 0 Å². The quantitative estimate of drug-likeness (QED) is 0.325. The van der Waals surface area contributed by atoms with E-state index in [0.29, 0.717) is 13.1 Å². The second-order valence-corrected chi connectivity index (χ2v) is 8.65. The molecule has 3 aromatic rings. The Kier molecular flexibility index (Phi) is 8.65. The van der Waals surface area contributed by atoms with E-state index in [1.165, 1.54) is 17.2 Å². The van der Waals surface area contributed by atoms with Gasteiger partial charge in [0.15, 0.2) is 0 Å². The van der Waals surface area contributed by atoms with Gasteiger partial charge in [0.1, 0.15) is 0 Å². The smallest absolute Gasteiger partial charge is 0.326 e. The van der Waals surface area contributed by atoms with E-state index in [1.54, 1.807) is 18.5 Å². The van der Waals surface area contributed by atoms with E-state index < -0.39 is 0 Å². The first-order chi connectivity index (χ1) is 17.2. The number of amides is 3. The monoisotopic (exact) mass is 468 g/mol. The minimum atomic E-state index is -0.0980. The van der Waals surface area contributed by atoms with Crippen molar-refractivity contribution in [3.8, 4) is 0 Å². The maximum Gasteiger partial charge on any atom is 0.326 e. The van der Waals surface area contributed by atoms with Crippen LogP contribution in [-0.4, -0.2) is 30.0 Å². The second kappa shape index (κ2) is 12.5. The van der Waals surface area contributed by atoms with E-state index >= 15 is 0 Å². The number of aryl methyl sites for hydroxylation is 2. The maximum absolute atomic E-state index is 13.2. The van der Waals surface area contributed by atoms with Gasteiger partial charge in [-0.05, 0) is 66.6 Å². The zero-order chi connectivity index (χ0) is 24.3. The number of nitrogens with one attached hydrogen (secondary N) is 2. The average Bonchev–Trinajstić information content (AvgIpc) is 3.06. The number of hydrogen-bond acceptors (Lipinski definition) is 3. The Bertz CT molecular complexity index is 1110. The van der Waals surface area contributed by atoms with Gasteiger partial charge in [0.05, 0.1) is 11.4 Å². The molecule has 0 radical (unpaired) electrons. The van der Waals surface area contributed by atoms with Crippen molar-refractivity contribution in [1.29, 1.82) is 0 Å². The summed E-state index contributed by atoms with van der Waals surface area (Å²) in [7, 11) is 0. The lowest BCUT2D eigenvalue weighted by atomic mass is 10.0. The number of anilines is 2. The highest BCUT2D eigenvalue weighted by Gasteiger charge is 2.25. The van der Waals surface area contributed by atoms with Crippen LogP contribution in [0.15, 0.2) is 79.1 Å². The maximum atomic E-state index is 13.2. The zero-order valence-electron chi connectivity index (χ0n) is 20.0. The molecule has 0 saturated carbocycles. The number of urea groups is 1. The fourth-order valence-electron chi connectivity index (χ4n) is 4.29. The zero-order valence-corrected chi connectivity index (χ0v) is 20.0. The SMILES string of the molecule is O=C(C=Cc1cccnc1)NCCCCCCNC(=O)N1c2ccccc2CCc2ccccc21. The summed E-state index contributed by atoms with van der Waals surface area (Å²) in [5.41, 5.74) is 5.20. The number of hydrogen-bond donors (Lipinski definition) is 2. The lowest BCUT2D eigenvalue weighted by molar-refractivity contribution is -0.116. The number of carbonyl (C=O) groups excluding carboxylic acids is 2. The molecule has 1 aliphatic heterocycles. The topological polar surface area (TPSA) is 74.3 Å². The number of benzene rings is 2. The summed E-state index contributed by atoms with van der Waals surface area (Å²) >= 11 is 0. The van der Waals surface area contributed by atoms with Gasteiger partial charge < -0.3 is 10.6 Å². The number of para-hydroxylation sites is 2. The van der Waals surface area contributed by atoms with Crippen LogP contribution >= 0.6 is 0 Å². The van der Waals surface area contributed by atoms with Crippen LogP contribution in [0, 0.1) is 0 Å². The molecule has 1 aliphatic rings. The largest absolute Gasteiger partial charge is 0.353 e. The fraction of sp³-hybridized carbons (Fsp3) is 0.276. The van der Waals surface area contributed by atoms with Crippen molar-refractivity contribution in [2.24, 2.45) is 0 Å². The van der Waals surface area contributed by atoms with Crippen molar-refractivity contribution in [3.63, 3.8) is 0 Å². The summed E-state index contributed by atoms with van der Waals surface area (Å²) in [6.45, 7) is 1.27. The van der Waals surface area contributed by atoms with Gasteiger partial charge in [0, 0.05) is 31.6 Å². The summed E-state index contributed by atoms with van der Waals surface area (Å²) in [4.78, 5) is 31.0. The average molecular weight is 469 g/mol. The Morgan fingerprint density at radius 3 is 2.06 bits per heavy atom. The first kappa shape index (κ1) is 24.2. The third kappa shape index (κ3) is 6.79. The van der Waals surface area contributed by atoms with Crippen LogP contribution in [0.2, 0.25) is 0 Å². The summed E-state index contributed by atoms with van der Waals surface area (Å²) in [6.07, 6.45) is 12.4. The third-order valence-corrected chi connectivity index (χ3v) is 6.12. The van der Waals surface area contributed by atoms with Crippen LogP contribution in [-0.2, 0) is 17.6 Å². The standard InChI is InChI=1S/C29H32N4O2/c34-28(18-15-23-10-9-19-30-22-23)31-20-7-1-2-8-21-32-29(35)33-26-13-5-3-11-24(26)16-17-25-12-4-6-14-27(25)33/h3-6,9-15,18-19,22H,1-2,7-8,16-17,20-21H2,(H,31,34)(H,32,35). The molecule has 0 saturated heterocycles. The number of rotatable bonds is 9. The molecule has 180 valence electrons. The van der Waals surface area contributed by atoms with Crippen molar-refractivity contribution in [1.82, 2.24) is 15.6 Å². The molecule has 6 heteroatoms. The first-order valence-electron chi connectivity index (χ1n) is 12.3. The highest BCUT2D eigenvalue weighted by molar-refractivity contribution is 6.01. The minimum absolute atomic E-state index is 0.0838. The van der Waals surface area contributed by atoms with Gasteiger partial charge in [-0.1, -0.05) is 55.3 Å². The normalized spacial score (nSPS) is 12.5. The molecular weight excluding hydrogens is 436 g/mol. The number of carbonyl (C=O) groups is 2. The van der Waals surface area contributed by atoms with Gasteiger partial charge in [-0.2, -0.15) is 0 Å².